The summed E-state index contributed by atoms with van der Waals surface area (Å²) in [5, 5.41) is 3.91. The van der Waals surface area contributed by atoms with Crippen molar-refractivity contribution in [1.29, 1.82) is 0 Å². The van der Waals surface area contributed by atoms with Crippen molar-refractivity contribution in [3.05, 3.63) is 65.7 Å². The minimum atomic E-state index is -0.533. The Balaban J connectivity index is 1.60. The fraction of sp³-hybridized carbons (Fsp3) is 0.105. The number of esters is 1. The van der Waals surface area contributed by atoms with Gasteiger partial charge in [0, 0.05) is 12.6 Å². The molecule has 0 spiro atoms. The first-order chi connectivity index (χ1) is 14.1. The van der Waals surface area contributed by atoms with E-state index in [-0.39, 0.29) is 29.2 Å². The summed E-state index contributed by atoms with van der Waals surface area (Å²) >= 11 is 0. The molecule has 0 aliphatic heterocycles. The highest BCUT2D eigenvalue weighted by Crippen LogP contribution is 2.20. The second-order valence-corrected chi connectivity index (χ2v) is 5.94. The lowest BCUT2D eigenvalue weighted by Gasteiger charge is -2.02. The van der Waals surface area contributed by atoms with Gasteiger partial charge in [0.1, 0.15) is 11.5 Å². The summed E-state index contributed by atoms with van der Waals surface area (Å²) < 4.78 is 9.89. The summed E-state index contributed by atoms with van der Waals surface area (Å²) in [6.45, 7) is 0. The van der Waals surface area contributed by atoms with Gasteiger partial charge in [0.05, 0.1) is 12.7 Å². The highest BCUT2D eigenvalue weighted by atomic mass is 16.5. The van der Waals surface area contributed by atoms with Gasteiger partial charge in [0.25, 0.3) is 5.89 Å². The molecule has 0 atom stereocenters. The van der Waals surface area contributed by atoms with E-state index in [1.54, 1.807) is 6.07 Å². The third-order valence-corrected chi connectivity index (χ3v) is 3.94. The molecule has 0 amide bonds. The number of hydrogen-bond donors (Lipinski definition) is 1. The number of aromatic nitrogens is 6. The molecule has 4 aromatic rings. The van der Waals surface area contributed by atoms with Gasteiger partial charge in [-0.3, -0.25) is 0 Å². The second kappa shape index (κ2) is 7.80. The average molecular weight is 389 g/mol. The minimum absolute atomic E-state index is 0.0661. The third-order valence-electron chi connectivity index (χ3n) is 3.94. The third kappa shape index (κ3) is 4.05. The lowest BCUT2D eigenvalue weighted by Crippen LogP contribution is -2.06. The molecular formula is C19H15N7O3. The molecule has 0 aliphatic carbocycles. The Morgan fingerprint density at radius 2 is 1.86 bits per heavy atom. The number of carbonyl (C=O) groups excluding carboxylic acids is 1. The van der Waals surface area contributed by atoms with Crippen molar-refractivity contribution in [2.45, 2.75) is 6.42 Å². The average Bonchev–Trinajstić information content (AvgIpc) is 3.24. The zero-order valence-electron chi connectivity index (χ0n) is 15.3. The Hall–Kier alpha value is -4.21. The van der Waals surface area contributed by atoms with Crippen LogP contribution in [-0.4, -0.2) is 43.2 Å². The van der Waals surface area contributed by atoms with E-state index in [1.807, 2.05) is 30.3 Å². The largest absolute Gasteiger partial charge is 0.464 e. The van der Waals surface area contributed by atoms with Crippen LogP contribution in [0.3, 0.4) is 0 Å². The predicted octanol–water partition coefficient (Wildman–Crippen LogP) is 1.94. The summed E-state index contributed by atoms with van der Waals surface area (Å²) in [6, 6.07) is 12.9. The Kier molecular flexibility index (Phi) is 4.89. The Morgan fingerprint density at radius 1 is 1.03 bits per heavy atom. The van der Waals surface area contributed by atoms with Crippen LogP contribution >= 0.6 is 0 Å². The van der Waals surface area contributed by atoms with Gasteiger partial charge in [-0.15, -0.1) is 0 Å². The molecule has 0 unspecified atom stereocenters. The summed E-state index contributed by atoms with van der Waals surface area (Å²) in [7, 11) is 1.29. The first-order valence-electron chi connectivity index (χ1n) is 8.55. The lowest BCUT2D eigenvalue weighted by atomic mass is 10.1. The zero-order chi connectivity index (χ0) is 20.2. The lowest BCUT2D eigenvalue weighted by molar-refractivity contribution is 0.0594. The van der Waals surface area contributed by atoms with Crippen molar-refractivity contribution in [3.8, 4) is 23.1 Å². The molecule has 0 saturated carbocycles. The number of anilines is 1. The predicted molar refractivity (Wildman–Crippen MR) is 101 cm³/mol. The van der Waals surface area contributed by atoms with Gasteiger partial charge >= 0.3 is 5.97 Å². The second-order valence-electron chi connectivity index (χ2n) is 5.94. The Morgan fingerprint density at radius 3 is 2.59 bits per heavy atom. The monoisotopic (exact) mass is 389 g/mol. The smallest absolute Gasteiger partial charge is 0.356 e. The number of nitrogen functional groups attached to an aromatic ring is 1. The van der Waals surface area contributed by atoms with Crippen molar-refractivity contribution < 1.29 is 14.1 Å². The minimum Gasteiger partial charge on any atom is -0.464 e. The summed E-state index contributed by atoms with van der Waals surface area (Å²) in [5.41, 5.74) is 7.56. The molecule has 144 valence electrons. The maximum atomic E-state index is 11.5. The van der Waals surface area contributed by atoms with Gasteiger partial charge in [-0.2, -0.15) is 15.0 Å². The van der Waals surface area contributed by atoms with E-state index >= 15 is 0 Å². The Labute approximate surface area is 164 Å². The number of benzene rings is 1. The van der Waals surface area contributed by atoms with Crippen molar-refractivity contribution in [2.75, 3.05) is 12.8 Å². The van der Waals surface area contributed by atoms with Gasteiger partial charge in [0.2, 0.25) is 17.6 Å². The molecule has 2 N–H and O–H groups in total. The highest BCUT2D eigenvalue weighted by Gasteiger charge is 2.16. The molecule has 10 nitrogen and oxygen atoms in total. The highest BCUT2D eigenvalue weighted by molar-refractivity contribution is 5.87. The van der Waals surface area contributed by atoms with Gasteiger partial charge in [-0.1, -0.05) is 35.5 Å². The molecule has 0 bridgehead atoms. The first-order valence-corrected chi connectivity index (χ1v) is 8.55. The molecular weight excluding hydrogens is 374 g/mol. The van der Waals surface area contributed by atoms with Crippen molar-refractivity contribution in [3.63, 3.8) is 0 Å². The van der Waals surface area contributed by atoms with Crippen LogP contribution in [0.1, 0.15) is 21.9 Å². The molecule has 10 heteroatoms. The first kappa shape index (κ1) is 18.2. The van der Waals surface area contributed by atoms with E-state index in [0.717, 1.165) is 5.56 Å². The summed E-state index contributed by atoms with van der Waals surface area (Å²) in [5.74, 6) is 0.602. The standard InChI is InChI=1S/C19H15N7O3/c1-28-18(27)13-8-7-12(10-21-13)17-24-16(26-29-17)15-22-14(23-19(20)25-15)9-11-5-3-2-4-6-11/h2-8,10H,9H2,1H3,(H2,20,22,23,25). The van der Waals surface area contributed by atoms with Crippen LogP contribution in [0.5, 0.6) is 0 Å². The molecule has 0 aliphatic rings. The van der Waals surface area contributed by atoms with Crippen LogP contribution in [0.2, 0.25) is 0 Å². The molecule has 29 heavy (non-hydrogen) atoms. The maximum absolute atomic E-state index is 11.5. The van der Waals surface area contributed by atoms with Gasteiger partial charge in [0.15, 0.2) is 0 Å². The molecule has 0 radical (unpaired) electrons. The van der Waals surface area contributed by atoms with E-state index < -0.39 is 5.97 Å². The van der Waals surface area contributed by atoms with Crippen molar-refractivity contribution in [2.24, 2.45) is 0 Å². The van der Waals surface area contributed by atoms with E-state index in [2.05, 4.69) is 34.8 Å². The number of pyridine rings is 1. The van der Waals surface area contributed by atoms with Crippen LogP contribution in [0.15, 0.2) is 53.2 Å². The van der Waals surface area contributed by atoms with Gasteiger partial charge in [-0.05, 0) is 17.7 Å². The SMILES string of the molecule is COC(=O)c1ccc(-c2nc(-c3nc(N)nc(Cc4ccccc4)n3)no2)cn1. The fourth-order valence-corrected chi connectivity index (χ4v) is 2.57. The maximum Gasteiger partial charge on any atom is 0.356 e. The number of rotatable bonds is 5. The zero-order valence-corrected chi connectivity index (χ0v) is 15.3. The van der Waals surface area contributed by atoms with E-state index in [9.17, 15) is 4.79 Å². The van der Waals surface area contributed by atoms with Gasteiger partial charge < -0.3 is 15.0 Å². The number of nitrogens with two attached hydrogens (primary N) is 1. The van der Waals surface area contributed by atoms with Crippen LogP contribution in [0, 0.1) is 0 Å². The number of methoxy groups -OCH3 is 1. The Bertz CT molecular complexity index is 1140. The van der Waals surface area contributed by atoms with E-state index in [0.29, 0.717) is 17.8 Å². The van der Waals surface area contributed by atoms with Crippen LogP contribution in [-0.2, 0) is 11.2 Å². The number of hydrogen-bond acceptors (Lipinski definition) is 10. The topological polar surface area (TPSA) is 143 Å². The molecule has 0 fully saturated rings. The molecule has 4 rings (SSSR count). The molecule has 0 saturated heterocycles. The summed E-state index contributed by atoms with van der Waals surface area (Å²) in [6.07, 6.45) is 1.93. The van der Waals surface area contributed by atoms with Crippen LogP contribution in [0.25, 0.3) is 23.1 Å². The fourth-order valence-electron chi connectivity index (χ4n) is 2.57. The normalized spacial score (nSPS) is 10.7. The van der Waals surface area contributed by atoms with Crippen molar-refractivity contribution in [1.82, 2.24) is 30.1 Å². The number of ether oxygens (including phenoxy) is 1. The molecule has 3 aromatic heterocycles. The van der Waals surface area contributed by atoms with E-state index in [4.69, 9.17) is 10.3 Å². The van der Waals surface area contributed by atoms with Crippen LogP contribution in [0.4, 0.5) is 5.95 Å². The number of nitrogens with zero attached hydrogens (tertiary/aromatic N) is 6. The quantitative estimate of drug-likeness (QED) is 0.503. The molecule has 3 heterocycles. The number of carbonyl (C=O) groups is 1. The van der Waals surface area contributed by atoms with Crippen molar-refractivity contribution >= 4 is 11.9 Å². The molecule has 1 aromatic carbocycles. The van der Waals surface area contributed by atoms with Crippen LogP contribution < -0.4 is 5.73 Å². The summed E-state index contributed by atoms with van der Waals surface area (Å²) in [4.78, 5) is 32.4. The van der Waals surface area contributed by atoms with Gasteiger partial charge in [-0.25, -0.2) is 14.8 Å². The van der Waals surface area contributed by atoms with E-state index in [1.165, 1.54) is 19.4 Å².